The quantitative estimate of drug-likeness (QED) is 0.831. The van der Waals surface area contributed by atoms with Crippen LogP contribution in [0.15, 0.2) is 16.8 Å². The first-order chi connectivity index (χ1) is 6.71. The van der Waals surface area contributed by atoms with Crippen LogP contribution < -0.4 is 5.73 Å². The third kappa shape index (κ3) is 2.00. The molecule has 2 unspecified atom stereocenters. The van der Waals surface area contributed by atoms with E-state index in [2.05, 4.69) is 23.8 Å². The van der Waals surface area contributed by atoms with Gasteiger partial charge in [0.05, 0.1) is 6.10 Å². The van der Waals surface area contributed by atoms with E-state index in [0.717, 1.165) is 25.9 Å². The first kappa shape index (κ1) is 10.1. The number of rotatable bonds is 3. The van der Waals surface area contributed by atoms with Crippen LogP contribution in [0.1, 0.15) is 25.3 Å². The first-order valence-electron chi connectivity index (χ1n) is 5.12. The maximum Gasteiger partial charge on any atom is 0.0727 e. The normalized spacial score (nSPS) is 32.3. The summed E-state index contributed by atoms with van der Waals surface area (Å²) in [4.78, 5) is 0. The standard InChI is InChI=1S/C11H17NOS/c1-9-11(12,5-6-13-9)4-2-10-3-7-14-8-10/h3,7-9H,2,4-6,12H2,1H3. The van der Waals surface area contributed by atoms with Crippen LogP contribution in [-0.2, 0) is 11.2 Å². The highest BCUT2D eigenvalue weighted by atomic mass is 32.1. The molecule has 0 bridgehead atoms. The Hall–Kier alpha value is -0.380. The maximum atomic E-state index is 6.30. The highest BCUT2D eigenvalue weighted by molar-refractivity contribution is 7.07. The maximum absolute atomic E-state index is 6.30. The molecule has 0 radical (unpaired) electrons. The Labute approximate surface area is 89.1 Å². The zero-order chi connectivity index (χ0) is 10.0. The van der Waals surface area contributed by atoms with Crippen LogP contribution in [0.3, 0.4) is 0 Å². The van der Waals surface area contributed by atoms with Crippen molar-refractivity contribution in [3.05, 3.63) is 22.4 Å². The zero-order valence-corrected chi connectivity index (χ0v) is 9.35. The van der Waals surface area contributed by atoms with E-state index in [1.165, 1.54) is 5.56 Å². The molecule has 2 atom stereocenters. The molecule has 1 aromatic rings. The van der Waals surface area contributed by atoms with Crippen molar-refractivity contribution in [1.82, 2.24) is 0 Å². The van der Waals surface area contributed by atoms with E-state index in [9.17, 15) is 0 Å². The number of nitrogens with two attached hydrogens (primary N) is 1. The van der Waals surface area contributed by atoms with Gasteiger partial charge >= 0.3 is 0 Å². The molecule has 1 fully saturated rings. The molecule has 0 aliphatic carbocycles. The average molecular weight is 211 g/mol. The van der Waals surface area contributed by atoms with Crippen molar-refractivity contribution in [2.75, 3.05) is 6.61 Å². The van der Waals surface area contributed by atoms with E-state index >= 15 is 0 Å². The van der Waals surface area contributed by atoms with Gasteiger partial charge in [0.15, 0.2) is 0 Å². The van der Waals surface area contributed by atoms with Crippen molar-refractivity contribution in [3.63, 3.8) is 0 Å². The summed E-state index contributed by atoms with van der Waals surface area (Å²) < 4.78 is 5.52. The molecule has 0 aromatic carbocycles. The molecule has 0 spiro atoms. The van der Waals surface area contributed by atoms with Gasteiger partial charge in [-0.2, -0.15) is 11.3 Å². The Kier molecular flexibility index (Phi) is 2.91. The van der Waals surface area contributed by atoms with Gasteiger partial charge in [0, 0.05) is 12.1 Å². The van der Waals surface area contributed by atoms with Crippen LogP contribution in [0.25, 0.3) is 0 Å². The van der Waals surface area contributed by atoms with Gasteiger partial charge < -0.3 is 10.5 Å². The number of hydrogen-bond acceptors (Lipinski definition) is 3. The van der Waals surface area contributed by atoms with Crippen molar-refractivity contribution >= 4 is 11.3 Å². The van der Waals surface area contributed by atoms with Crippen molar-refractivity contribution in [1.29, 1.82) is 0 Å². The molecule has 1 aliphatic rings. The minimum Gasteiger partial charge on any atom is -0.377 e. The summed E-state index contributed by atoms with van der Waals surface area (Å²) in [6.45, 7) is 2.90. The predicted octanol–water partition coefficient (Wildman–Crippen LogP) is 2.19. The lowest BCUT2D eigenvalue weighted by Gasteiger charge is -2.27. The van der Waals surface area contributed by atoms with Crippen LogP contribution in [0, 0.1) is 0 Å². The van der Waals surface area contributed by atoms with Crippen molar-refractivity contribution < 1.29 is 4.74 Å². The second kappa shape index (κ2) is 4.01. The van der Waals surface area contributed by atoms with Crippen molar-refractivity contribution in [2.24, 2.45) is 5.73 Å². The third-order valence-corrected chi connectivity index (χ3v) is 3.94. The second-order valence-corrected chi connectivity index (χ2v) is 4.91. The minimum atomic E-state index is -0.0953. The van der Waals surface area contributed by atoms with E-state index in [0.29, 0.717) is 0 Å². The number of aryl methyl sites for hydroxylation is 1. The summed E-state index contributed by atoms with van der Waals surface area (Å²) in [5, 5.41) is 4.32. The van der Waals surface area contributed by atoms with E-state index in [1.54, 1.807) is 11.3 Å². The van der Waals surface area contributed by atoms with Gasteiger partial charge in [0.2, 0.25) is 0 Å². The molecule has 1 saturated heterocycles. The summed E-state index contributed by atoms with van der Waals surface area (Å²) in [6, 6.07) is 2.18. The Morgan fingerprint density at radius 1 is 1.71 bits per heavy atom. The number of ether oxygens (including phenoxy) is 1. The fourth-order valence-electron chi connectivity index (χ4n) is 1.94. The van der Waals surface area contributed by atoms with E-state index in [4.69, 9.17) is 10.5 Å². The van der Waals surface area contributed by atoms with E-state index in [-0.39, 0.29) is 11.6 Å². The molecular formula is C11H17NOS. The lowest BCUT2D eigenvalue weighted by atomic mass is 9.87. The molecule has 0 saturated carbocycles. The minimum absolute atomic E-state index is 0.0953. The third-order valence-electron chi connectivity index (χ3n) is 3.20. The predicted molar refractivity (Wildman–Crippen MR) is 59.6 cm³/mol. The number of hydrogen-bond donors (Lipinski definition) is 1. The first-order valence-corrected chi connectivity index (χ1v) is 6.06. The van der Waals surface area contributed by atoms with Gasteiger partial charge in [-0.3, -0.25) is 0 Å². The molecule has 14 heavy (non-hydrogen) atoms. The molecule has 2 nitrogen and oxygen atoms in total. The molecule has 1 aliphatic heterocycles. The Morgan fingerprint density at radius 2 is 2.57 bits per heavy atom. The number of thiophene rings is 1. The molecule has 2 heterocycles. The Morgan fingerprint density at radius 3 is 3.14 bits per heavy atom. The largest absolute Gasteiger partial charge is 0.377 e. The zero-order valence-electron chi connectivity index (χ0n) is 8.53. The Bertz CT molecular complexity index is 285. The second-order valence-electron chi connectivity index (χ2n) is 4.13. The molecule has 2 rings (SSSR count). The lowest BCUT2D eigenvalue weighted by molar-refractivity contribution is 0.0930. The van der Waals surface area contributed by atoms with Gasteiger partial charge in [-0.15, -0.1) is 0 Å². The van der Waals surface area contributed by atoms with Crippen LogP contribution in [0.2, 0.25) is 0 Å². The highest BCUT2D eigenvalue weighted by Gasteiger charge is 2.36. The molecule has 78 valence electrons. The van der Waals surface area contributed by atoms with Gasteiger partial charge in [-0.1, -0.05) is 0 Å². The van der Waals surface area contributed by atoms with Gasteiger partial charge in [-0.05, 0) is 48.6 Å². The fraction of sp³-hybridized carbons (Fsp3) is 0.636. The molecule has 3 heteroatoms. The average Bonchev–Trinajstić information content (AvgIpc) is 2.75. The monoisotopic (exact) mass is 211 g/mol. The molecule has 1 aromatic heterocycles. The molecule has 0 amide bonds. The fourth-order valence-corrected chi connectivity index (χ4v) is 2.64. The van der Waals surface area contributed by atoms with Crippen LogP contribution in [0.5, 0.6) is 0 Å². The van der Waals surface area contributed by atoms with Crippen LogP contribution >= 0.6 is 11.3 Å². The van der Waals surface area contributed by atoms with Gasteiger partial charge in [0.1, 0.15) is 0 Å². The summed E-state index contributed by atoms with van der Waals surface area (Å²) >= 11 is 1.75. The van der Waals surface area contributed by atoms with Crippen molar-refractivity contribution in [2.45, 2.75) is 37.8 Å². The molecule has 2 N–H and O–H groups in total. The van der Waals surface area contributed by atoms with Gasteiger partial charge in [-0.25, -0.2) is 0 Å². The topological polar surface area (TPSA) is 35.2 Å². The smallest absolute Gasteiger partial charge is 0.0727 e. The van der Waals surface area contributed by atoms with Gasteiger partial charge in [0.25, 0.3) is 0 Å². The summed E-state index contributed by atoms with van der Waals surface area (Å²) in [7, 11) is 0. The van der Waals surface area contributed by atoms with Crippen LogP contribution in [-0.4, -0.2) is 18.2 Å². The van der Waals surface area contributed by atoms with Crippen molar-refractivity contribution in [3.8, 4) is 0 Å². The van der Waals surface area contributed by atoms with E-state index < -0.39 is 0 Å². The SMILES string of the molecule is CC1OCCC1(N)CCc1ccsc1. The summed E-state index contributed by atoms with van der Waals surface area (Å²) in [6.07, 6.45) is 3.32. The molecular weight excluding hydrogens is 194 g/mol. The Balaban J connectivity index is 1.91. The highest BCUT2D eigenvalue weighted by Crippen LogP contribution is 2.28. The van der Waals surface area contributed by atoms with Crippen LogP contribution in [0.4, 0.5) is 0 Å². The van der Waals surface area contributed by atoms with E-state index in [1.807, 2.05) is 0 Å². The summed E-state index contributed by atoms with van der Waals surface area (Å²) in [5.41, 5.74) is 7.60. The lowest BCUT2D eigenvalue weighted by Crippen LogP contribution is -2.46. The summed E-state index contributed by atoms with van der Waals surface area (Å²) in [5.74, 6) is 0.